The van der Waals surface area contributed by atoms with Crippen molar-refractivity contribution >= 4 is 22.8 Å². The second-order valence-electron chi connectivity index (χ2n) is 4.21. The minimum Gasteiger partial charge on any atom is -0.687 e. The van der Waals surface area contributed by atoms with Crippen molar-refractivity contribution in [2.45, 2.75) is 27.7 Å². The molecule has 0 aromatic carbocycles. The van der Waals surface area contributed by atoms with Crippen LogP contribution in [0.25, 0.3) is 5.32 Å². The van der Waals surface area contributed by atoms with Gasteiger partial charge in [-0.25, -0.2) is 0 Å². The molecule has 0 fully saturated rings. The van der Waals surface area contributed by atoms with Crippen LogP contribution >= 0.6 is 0 Å². The van der Waals surface area contributed by atoms with E-state index < -0.39 is 4.92 Å². The Balaban J connectivity index is -0.000000133. The van der Waals surface area contributed by atoms with Crippen LogP contribution in [-0.2, 0) is 16.8 Å². The van der Waals surface area contributed by atoms with Crippen LogP contribution in [0.4, 0.5) is 0 Å². The zero-order valence-corrected chi connectivity index (χ0v) is 16.4. The first-order valence-corrected chi connectivity index (χ1v) is 6.86. The Morgan fingerprint density at radius 1 is 0.926 bits per heavy atom. The molecule has 0 atom stereocenters. The Morgan fingerprint density at radius 3 is 1.30 bits per heavy atom. The van der Waals surface area contributed by atoms with Crippen LogP contribution in [0.1, 0.15) is 27.7 Å². The Morgan fingerprint density at radius 2 is 1.22 bits per heavy atom. The molecular weight excluding hydrogens is 407 g/mol. The van der Waals surface area contributed by atoms with E-state index in [9.17, 15) is 0 Å². The molecule has 0 spiro atoms. The Labute approximate surface area is 167 Å². The van der Waals surface area contributed by atoms with Gasteiger partial charge in [0.05, 0.1) is 0 Å². The van der Waals surface area contributed by atoms with Crippen LogP contribution < -0.4 is 0 Å². The number of hydrogen-bond acceptors (Lipinski definition) is 10. The molecule has 0 aromatic heterocycles. The van der Waals surface area contributed by atoms with Crippen molar-refractivity contribution in [2.24, 2.45) is 20.6 Å². The summed E-state index contributed by atoms with van der Waals surface area (Å²) in [5.74, 6) is 0. The molecular formula is C14H24CoN6O6. The van der Waals surface area contributed by atoms with E-state index in [0.717, 1.165) is 6.54 Å². The maximum atomic E-state index is 8.69. The molecule has 27 heavy (non-hydrogen) atoms. The van der Waals surface area contributed by atoms with E-state index in [1.807, 2.05) is 18.2 Å². The summed E-state index contributed by atoms with van der Waals surface area (Å²) >= 11 is 0. The summed E-state index contributed by atoms with van der Waals surface area (Å²) in [5.41, 5.74) is 1.25. The Bertz CT molecular complexity index is 492. The smallest absolute Gasteiger partial charge is 0.687 e. The summed E-state index contributed by atoms with van der Waals surface area (Å²) in [5, 5.41) is 55.9. The van der Waals surface area contributed by atoms with E-state index >= 15 is 0 Å². The van der Waals surface area contributed by atoms with E-state index in [-0.39, 0.29) is 16.8 Å². The third kappa shape index (κ3) is 28.0. The van der Waals surface area contributed by atoms with Gasteiger partial charge in [0.1, 0.15) is 22.8 Å². The minimum absolute atomic E-state index is 0. The van der Waals surface area contributed by atoms with Crippen molar-refractivity contribution in [3.8, 4) is 0 Å². The fourth-order valence-electron chi connectivity index (χ4n) is 0.661. The summed E-state index contributed by atoms with van der Waals surface area (Å²) in [6.07, 6.45) is 7.73. The van der Waals surface area contributed by atoms with Crippen molar-refractivity contribution in [3.63, 3.8) is 0 Å². The summed E-state index contributed by atoms with van der Waals surface area (Å²) in [6.45, 7) is 7.00. The molecule has 4 N–H and O–H groups in total. The van der Waals surface area contributed by atoms with Crippen LogP contribution in [0.2, 0.25) is 0 Å². The molecule has 1 aliphatic heterocycles. The van der Waals surface area contributed by atoms with Gasteiger partial charge in [0, 0.05) is 0 Å². The Hall–Kier alpha value is -3.06. The van der Waals surface area contributed by atoms with Crippen molar-refractivity contribution in [1.29, 1.82) is 0 Å². The van der Waals surface area contributed by atoms with Crippen molar-refractivity contribution in [3.05, 3.63) is 46.9 Å². The van der Waals surface area contributed by atoms with Gasteiger partial charge < -0.3 is 26.1 Å². The van der Waals surface area contributed by atoms with Gasteiger partial charge in [0.25, 0.3) is 0 Å². The van der Waals surface area contributed by atoms with Gasteiger partial charge in [-0.05, 0) is 27.7 Å². The zero-order valence-electron chi connectivity index (χ0n) is 15.3. The molecule has 0 saturated carbocycles. The number of rotatable bonds is 2. The molecule has 1 rings (SSSR count). The third-order valence-electron chi connectivity index (χ3n) is 2.30. The first-order valence-electron chi connectivity index (χ1n) is 6.86. The predicted octanol–water partition coefficient (Wildman–Crippen LogP) is 2.87. The van der Waals surface area contributed by atoms with Gasteiger partial charge in [-0.1, -0.05) is 39.8 Å². The third-order valence-corrected chi connectivity index (χ3v) is 2.30. The summed E-state index contributed by atoms with van der Waals surface area (Å²) in [6, 6.07) is 0. The second-order valence-corrected chi connectivity index (χ2v) is 4.21. The average Bonchev–Trinajstić information content (AvgIpc) is 2.67. The molecule has 155 valence electrons. The van der Waals surface area contributed by atoms with Crippen LogP contribution in [0.5, 0.6) is 0 Å². The van der Waals surface area contributed by atoms with Crippen molar-refractivity contribution in [2.75, 3.05) is 6.54 Å². The Kier molecular flexibility index (Phi) is 26.9. The van der Waals surface area contributed by atoms with Gasteiger partial charge in [0.15, 0.2) is 0 Å². The molecule has 0 saturated heterocycles. The van der Waals surface area contributed by atoms with E-state index in [1.165, 1.54) is 27.7 Å². The number of nitrogens with zero attached hydrogens (tertiary/aromatic N) is 6. The van der Waals surface area contributed by atoms with Crippen molar-refractivity contribution in [1.82, 2.24) is 0 Å². The summed E-state index contributed by atoms with van der Waals surface area (Å²) in [4.78, 5) is 7.94. The molecule has 0 amide bonds. The maximum absolute atomic E-state index is 8.69. The number of oxime groups is 4. The molecule has 0 unspecified atom stereocenters. The normalized spacial score (nSPS) is 13.2. The van der Waals surface area contributed by atoms with Gasteiger partial charge >= 0.3 is 16.8 Å². The standard InChI is InChI=1S/C5H6N.2C4H8N2O2.CH2NO2.Co/c1-2-4-6-5-3-1;2*1-3(5-7)4(2)6-8;1-2(3)4;/h1-4H,5H2;2*7-8H,1-2H3;1H2;/q-1;;;-1;+2/b;2*5-3+,6-4+;;. The SMILES string of the molecule is C1=CC[N-]C=C1.CC(=N\O)/C(C)=N/O.CC(=N\O)/C(C)=N/O.[CH2-][N+](=O)[O-].[Co+2]. The number of nitro groups is 1. The zero-order chi connectivity index (χ0) is 21.0. The number of allylic oxidation sites excluding steroid dienone is 2. The van der Waals surface area contributed by atoms with Gasteiger partial charge in [-0.2, -0.15) is 6.20 Å². The molecule has 12 nitrogen and oxygen atoms in total. The molecule has 1 radical (unpaired) electrons. The van der Waals surface area contributed by atoms with E-state index in [0.29, 0.717) is 22.8 Å². The molecule has 0 aliphatic carbocycles. The second kappa shape index (κ2) is 22.9. The molecule has 0 bridgehead atoms. The quantitative estimate of drug-likeness (QED) is 0.171. The molecule has 1 aliphatic rings. The summed E-state index contributed by atoms with van der Waals surface area (Å²) in [7, 11) is 2.36. The van der Waals surface area contributed by atoms with Gasteiger partial charge in [-0.3, -0.25) is 10.1 Å². The minimum atomic E-state index is -0.750. The van der Waals surface area contributed by atoms with E-state index in [2.05, 4.69) is 33.0 Å². The maximum Gasteiger partial charge on any atom is 2.00 e. The van der Waals surface area contributed by atoms with Crippen molar-refractivity contribution < 1.29 is 42.5 Å². The fourth-order valence-corrected chi connectivity index (χ4v) is 0.661. The predicted molar refractivity (Wildman–Crippen MR) is 98.4 cm³/mol. The fraction of sp³-hybridized carbons (Fsp3) is 0.357. The number of hydrogen-bond donors (Lipinski definition) is 4. The topological polar surface area (TPSA) is 188 Å². The summed E-state index contributed by atoms with van der Waals surface area (Å²) < 4.78 is 0. The van der Waals surface area contributed by atoms with Gasteiger partial charge in [0.2, 0.25) is 0 Å². The van der Waals surface area contributed by atoms with E-state index in [1.54, 1.807) is 6.20 Å². The molecule has 1 heterocycles. The first-order chi connectivity index (χ1) is 12.2. The monoisotopic (exact) mass is 431 g/mol. The van der Waals surface area contributed by atoms with Crippen LogP contribution in [0.15, 0.2) is 45.1 Å². The van der Waals surface area contributed by atoms with Crippen LogP contribution in [0, 0.1) is 17.2 Å². The largest absolute Gasteiger partial charge is 2.00 e. The van der Waals surface area contributed by atoms with Crippen LogP contribution in [-0.4, -0.2) is 55.1 Å². The van der Waals surface area contributed by atoms with Crippen LogP contribution in [0.3, 0.4) is 0 Å². The molecule has 0 aromatic rings. The first kappa shape index (κ1) is 31.7. The average molecular weight is 431 g/mol. The van der Waals surface area contributed by atoms with E-state index in [4.69, 9.17) is 30.9 Å². The molecule has 13 heteroatoms. The van der Waals surface area contributed by atoms with Gasteiger partial charge in [-0.15, -0.1) is 17.5 Å².